The summed E-state index contributed by atoms with van der Waals surface area (Å²) in [4.78, 5) is 34.2. The van der Waals surface area contributed by atoms with Crippen LogP contribution in [0.3, 0.4) is 0 Å². The lowest BCUT2D eigenvalue weighted by Gasteiger charge is -2.43. The molecule has 7 heteroatoms. The zero-order valence-corrected chi connectivity index (χ0v) is 20.8. The number of ketones is 1. The number of benzene rings is 1. The van der Waals surface area contributed by atoms with Gasteiger partial charge in [0.2, 0.25) is 0 Å². The molecule has 1 fully saturated rings. The van der Waals surface area contributed by atoms with Crippen molar-refractivity contribution in [1.82, 2.24) is 14.8 Å². The van der Waals surface area contributed by atoms with Crippen molar-refractivity contribution in [3.63, 3.8) is 0 Å². The predicted molar refractivity (Wildman–Crippen MR) is 129 cm³/mol. The normalized spacial score (nSPS) is 21.1. The molecule has 1 saturated heterocycles. The van der Waals surface area contributed by atoms with Gasteiger partial charge >= 0.3 is 6.09 Å². The average Bonchev–Trinajstić information content (AvgIpc) is 2.88. The maximum atomic E-state index is 12.8. The molecule has 1 unspecified atom stereocenters. The van der Waals surface area contributed by atoms with Crippen molar-refractivity contribution in [3.8, 4) is 0 Å². The molecule has 0 radical (unpaired) electrons. The van der Waals surface area contributed by atoms with E-state index in [1.807, 2.05) is 39.1 Å². The van der Waals surface area contributed by atoms with Crippen LogP contribution in [0, 0.1) is 6.92 Å². The molecule has 0 spiro atoms. The van der Waals surface area contributed by atoms with E-state index in [0.717, 1.165) is 29.1 Å². The van der Waals surface area contributed by atoms with Gasteiger partial charge in [-0.1, -0.05) is 23.7 Å². The number of rotatable bonds is 2. The Kier molecular flexibility index (Phi) is 6.52. The topological polar surface area (TPSA) is 62.7 Å². The fraction of sp³-hybridized carbons (Fsp3) is 0.500. The smallest absolute Gasteiger partial charge is 0.410 e. The van der Waals surface area contributed by atoms with Crippen LogP contribution in [0.15, 0.2) is 30.5 Å². The Morgan fingerprint density at radius 3 is 2.55 bits per heavy atom. The van der Waals surface area contributed by atoms with Crippen LogP contribution in [0.2, 0.25) is 5.02 Å². The number of Topliss-reactive ketones (excluding diaryl/α,β-unsaturated/α-hetero) is 1. The van der Waals surface area contributed by atoms with E-state index in [0.29, 0.717) is 19.6 Å². The van der Waals surface area contributed by atoms with E-state index in [2.05, 4.69) is 24.0 Å². The SMILES string of the molecule is CC(=O)[C@H]1CN(C2c3ccc(Cl)cc3CCc3cc(C)cnc32)CCN1C(=O)OC(C)(C)C. The number of hydrogen-bond acceptors (Lipinski definition) is 5. The minimum atomic E-state index is -0.615. The van der Waals surface area contributed by atoms with Gasteiger partial charge in [-0.05, 0) is 81.8 Å². The molecule has 0 bridgehead atoms. The highest BCUT2D eigenvalue weighted by molar-refractivity contribution is 6.30. The number of amides is 1. The number of nitrogens with zero attached hydrogens (tertiary/aromatic N) is 3. The van der Waals surface area contributed by atoms with E-state index in [1.54, 1.807) is 11.8 Å². The summed E-state index contributed by atoms with van der Waals surface area (Å²) in [5, 5.41) is 0.721. The van der Waals surface area contributed by atoms with Gasteiger partial charge < -0.3 is 4.74 Å². The third kappa shape index (κ3) is 5.07. The maximum absolute atomic E-state index is 12.8. The Bertz CT molecular complexity index is 1030. The summed E-state index contributed by atoms with van der Waals surface area (Å²) in [5.74, 6) is -0.0485. The minimum Gasteiger partial charge on any atom is -0.444 e. The molecule has 176 valence electrons. The van der Waals surface area contributed by atoms with Gasteiger partial charge in [-0.2, -0.15) is 0 Å². The Balaban J connectivity index is 1.71. The van der Waals surface area contributed by atoms with Gasteiger partial charge in [-0.15, -0.1) is 0 Å². The summed E-state index contributed by atoms with van der Waals surface area (Å²) in [6, 6.07) is 7.59. The summed E-state index contributed by atoms with van der Waals surface area (Å²) in [6.45, 7) is 10.6. The van der Waals surface area contributed by atoms with Gasteiger partial charge in [-0.25, -0.2) is 4.79 Å². The van der Waals surface area contributed by atoms with Crippen LogP contribution in [0.25, 0.3) is 0 Å². The molecule has 33 heavy (non-hydrogen) atoms. The van der Waals surface area contributed by atoms with Gasteiger partial charge in [0, 0.05) is 30.9 Å². The number of carbonyl (C=O) groups is 2. The fourth-order valence-electron chi connectivity index (χ4n) is 4.86. The van der Waals surface area contributed by atoms with Crippen LogP contribution < -0.4 is 0 Å². The summed E-state index contributed by atoms with van der Waals surface area (Å²) >= 11 is 6.34. The first-order chi connectivity index (χ1) is 15.5. The second-order valence-corrected chi connectivity index (χ2v) is 10.5. The van der Waals surface area contributed by atoms with Crippen molar-refractivity contribution < 1.29 is 14.3 Å². The lowest BCUT2D eigenvalue weighted by Crippen LogP contribution is -2.59. The molecular formula is C26H32ClN3O3. The lowest BCUT2D eigenvalue weighted by molar-refractivity contribution is -0.124. The molecule has 2 atom stereocenters. The first kappa shape index (κ1) is 23.7. The number of carbonyl (C=O) groups excluding carboxylic acids is 2. The second-order valence-electron chi connectivity index (χ2n) is 10.1. The molecule has 4 rings (SSSR count). The molecule has 1 aliphatic heterocycles. The fourth-order valence-corrected chi connectivity index (χ4v) is 5.05. The Morgan fingerprint density at radius 2 is 1.85 bits per heavy atom. The molecule has 1 aromatic heterocycles. The van der Waals surface area contributed by atoms with Crippen molar-refractivity contribution in [3.05, 3.63) is 63.4 Å². The third-order valence-electron chi connectivity index (χ3n) is 6.33. The highest BCUT2D eigenvalue weighted by Crippen LogP contribution is 2.38. The second kappa shape index (κ2) is 9.07. The van der Waals surface area contributed by atoms with Gasteiger partial charge in [0.1, 0.15) is 11.6 Å². The summed E-state index contributed by atoms with van der Waals surface area (Å²) < 4.78 is 5.59. The van der Waals surface area contributed by atoms with Gasteiger partial charge in [0.15, 0.2) is 5.78 Å². The molecule has 6 nitrogen and oxygen atoms in total. The van der Waals surface area contributed by atoms with Crippen LogP contribution in [0.4, 0.5) is 4.79 Å². The van der Waals surface area contributed by atoms with E-state index in [-0.39, 0.29) is 11.8 Å². The zero-order valence-electron chi connectivity index (χ0n) is 20.0. The van der Waals surface area contributed by atoms with Gasteiger partial charge in [-0.3, -0.25) is 19.6 Å². The molecule has 2 aromatic rings. The largest absolute Gasteiger partial charge is 0.444 e. The number of aromatic nitrogens is 1. The quantitative estimate of drug-likeness (QED) is 0.635. The van der Waals surface area contributed by atoms with Crippen LogP contribution in [-0.2, 0) is 22.4 Å². The van der Waals surface area contributed by atoms with E-state index in [4.69, 9.17) is 21.3 Å². The summed E-state index contributed by atoms with van der Waals surface area (Å²) in [5.41, 5.74) is 5.14. The van der Waals surface area contributed by atoms with Crippen molar-refractivity contribution >= 4 is 23.5 Å². The number of ether oxygens (including phenoxy) is 1. The molecule has 1 aliphatic carbocycles. The van der Waals surface area contributed by atoms with Crippen molar-refractivity contribution in [1.29, 1.82) is 0 Å². The van der Waals surface area contributed by atoms with Crippen LogP contribution in [-0.4, -0.2) is 57.9 Å². The number of hydrogen-bond donors (Lipinski definition) is 0. The minimum absolute atomic E-state index is 0.0485. The standard InChI is InChI=1S/C26H32ClN3O3/c1-16-12-19-7-6-18-13-20(27)8-9-21(18)24(23(19)28-14-16)29-10-11-30(22(15-29)17(2)31)25(32)33-26(3,4)5/h8-9,12-14,22,24H,6-7,10-11,15H2,1-5H3/t22-,24?/m1/s1. The van der Waals surface area contributed by atoms with Crippen molar-refractivity contribution in [2.45, 2.75) is 65.1 Å². The van der Waals surface area contributed by atoms with E-state index in [1.165, 1.54) is 16.7 Å². The third-order valence-corrected chi connectivity index (χ3v) is 6.57. The van der Waals surface area contributed by atoms with Crippen molar-refractivity contribution in [2.24, 2.45) is 0 Å². The number of piperazine rings is 1. The number of aryl methyl sites for hydroxylation is 3. The van der Waals surface area contributed by atoms with Crippen LogP contribution in [0.1, 0.15) is 61.7 Å². The van der Waals surface area contributed by atoms with E-state index in [9.17, 15) is 9.59 Å². The Labute approximate surface area is 200 Å². The summed E-state index contributed by atoms with van der Waals surface area (Å²) in [6.07, 6.45) is 3.25. The molecule has 1 aromatic carbocycles. The Hall–Kier alpha value is -2.44. The summed E-state index contributed by atoms with van der Waals surface area (Å²) in [7, 11) is 0. The monoisotopic (exact) mass is 469 g/mol. The highest BCUT2D eigenvalue weighted by Gasteiger charge is 2.40. The molecule has 1 amide bonds. The molecular weight excluding hydrogens is 438 g/mol. The maximum Gasteiger partial charge on any atom is 0.410 e. The van der Waals surface area contributed by atoms with Crippen LogP contribution >= 0.6 is 11.6 Å². The van der Waals surface area contributed by atoms with E-state index < -0.39 is 17.7 Å². The molecule has 2 heterocycles. The first-order valence-corrected chi connectivity index (χ1v) is 11.9. The molecule has 0 N–H and O–H groups in total. The number of fused-ring (bicyclic) bond motifs is 2. The molecule has 2 aliphatic rings. The van der Waals surface area contributed by atoms with E-state index >= 15 is 0 Å². The lowest BCUT2D eigenvalue weighted by atomic mass is 9.94. The number of halogens is 1. The average molecular weight is 470 g/mol. The zero-order chi connectivity index (χ0) is 23.9. The number of pyridine rings is 1. The first-order valence-electron chi connectivity index (χ1n) is 11.5. The highest BCUT2D eigenvalue weighted by atomic mass is 35.5. The molecule has 0 saturated carbocycles. The van der Waals surface area contributed by atoms with Gasteiger partial charge in [0.05, 0.1) is 11.7 Å². The predicted octanol–water partition coefficient (Wildman–Crippen LogP) is 4.74. The van der Waals surface area contributed by atoms with Crippen LogP contribution in [0.5, 0.6) is 0 Å². The van der Waals surface area contributed by atoms with Crippen molar-refractivity contribution in [2.75, 3.05) is 19.6 Å². The Morgan fingerprint density at radius 1 is 1.12 bits per heavy atom. The van der Waals surface area contributed by atoms with Gasteiger partial charge in [0.25, 0.3) is 0 Å².